The Morgan fingerprint density at radius 3 is 2.30 bits per heavy atom. The van der Waals surface area contributed by atoms with Gasteiger partial charge in [-0.15, -0.1) is 0 Å². The molecule has 9 nitrogen and oxygen atoms in total. The largest absolute Gasteiger partial charge is 0.337 e. The zero-order valence-electron chi connectivity index (χ0n) is 15.4. The number of urea groups is 1. The first-order chi connectivity index (χ1) is 12.7. The molecule has 27 heavy (non-hydrogen) atoms. The molecule has 2 aliphatic heterocycles. The van der Waals surface area contributed by atoms with E-state index in [9.17, 15) is 27.6 Å². The first-order valence-corrected chi connectivity index (χ1v) is 11.3. The molecule has 150 valence electrons. The van der Waals surface area contributed by atoms with Gasteiger partial charge < -0.3 is 4.90 Å². The van der Waals surface area contributed by atoms with Gasteiger partial charge in [0.15, 0.2) is 9.84 Å². The van der Waals surface area contributed by atoms with Crippen LogP contribution in [-0.2, 0) is 24.2 Å². The molecule has 3 aliphatic rings. The molecule has 0 spiro atoms. The molecule has 3 rings (SSSR count). The Morgan fingerprint density at radius 2 is 1.74 bits per heavy atom. The molecule has 0 aromatic rings. The van der Waals surface area contributed by atoms with Crippen LogP contribution in [0.15, 0.2) is 0 Å². The standard InChI is InChI=1S/C17H25N3O6S/c1-2-18(13-8-9-27(25,26)11-13)14(21)10-19-15(22)16(23)20(17(19)24)12-6-4-3-5-7-12/h12-13H,2-11H2,1H3. The summed E-state index contributed by atoms with van der Waals surface area (Å²) in [7, 11) is -3.17. The summed E-state index contributed by atoms with van der Waals surface area (Å²) < 4.78 is 23.4. The van der Waals surface area contributed by atoms with Gasteiger partial charge in [0.25, 0.3) is 0 Å². The van der Waals surface area contributed by atoms with E-state index in [0.717, 1.165) is 24.2 Å². The normalized spacial score (nSPS) is 26.1. The SMILES string of the molecule is CCN(C(=O)CN1C(=O)C(=O)N(C2CCCCC2)C1=O)C1CCS(=O)(=O)C1. The lowest BCUT2D eigenvalue weighted by molar-refractivity contribution is -0.145. The van der Waals surface area contributed by atoms with E-state index in [4.69, 9.17) is 0 Å². The van der Waals surface area contributed by atoms with E-state index in [1.54, 1.807) is 6.92 Å². The van der Waals surface area contributed by atoms with Crippen molar-refractivity contribution in [2.24, 2.45) is 0 Å². The molecule has 1 saturated carbocycles. The van der Waals surface area contributed by atoms with Crippen LogP contribution in [0.1, 0.15) is 45.4 Å². The number of carbonyl (C=O) groups is 4. The maximum absolute atomic E-state index is 12.7. The second-order valence-corrected chi connectivity index (χ2v) is 9.61. The topological polar surface area (TPSA) is 112 Å². The number of carbonyl (C=O) groups excluding carboxylic acids is 4. The first-order valence-electron chi connectivity index (χ1n) is 9.44. The lowest BCUT2D eigenvalue weighted by atomic mass is 9.94. The Hall–Kier alpha value is -1.97. The van der Waals surface area contributed by atoms with Crippen molar-refractivity contribution in [3.05, 3.63) is 0 Å². The molecule has 2 saturated heterocycles. The number of sulfone groups is 1. The third-order valence-electron chi connectivity index (χ3n) is 5.63. The predicted molar refractivity (Wildman–Crippen MR) is 95.3 cm³/mol. The Kier molecular flexibility index (Phi) is 5.55. The minimum atomic E-state index is -3.17. The van der Waals surface area contributed by atoms with Gasteiger partial charge in [-0.05, 0) is 26.2 Å². The molecule has 1 atom stereocenters. The zero-order chi connectivity index (χ0) is 19.8. The summed E-state index contributed by atoms with van der Waals surface area (Å²) in [6.07, 6.45) is 4.53. The van der Waals surface area contributed by atoms with Crippen LogP contribution in [0.4, 0.5) is 4.79 Å². The summed E-state index contributed by atoms with van der Waals surface area (Å²) in [5, 5.41) is 0. The number of amides is 5. The van der Waals surface area contributed by atoms with Gasteiger partial charge in [-0.25, -0.2) is 18.1 Å². The van der Waals surface area contributed by atoms with Crippen LogP contribution in [-0.4, -0.2) is 83.5 Å². The van der Waals surface area contributed by atoms with Gasteiger partial charge in [0.05, 0.1) is 11.5 Å². The fourth-order valence-corrected chi connectivity index (χ4v) is 5.94. The third-order valence-corrected chi connectivity index (χ3v) is 7.38. The van der Waals surface area contributed by atoms with Gasteiger partial charge in [-0.2, -0.15) is 0 Å². The summed E-state index contributed by atoms with van der Waals surface area (Å²) >= 11 is 0. The van der Waals surface area contributed by atoms with Crippen LogP contribution in [0.5, 0.6) is 0 Å². The first kappa shape index (κ1) is 19.8. The molecular formula is C17H25N3O6S. The highest BCUT2D eigenvalue weighted by molar-refractivity contribution is 7.91. The van der Waals surface area contributed by atoms with Gasteiger partial charge in [0.2, 0.25) is 5.91 Å². The van der Waals surface area contributed by atoms with Crippen molar-refractivity contribution in [1.82, 2.24) is 14.7 Å². The maximum atomic E-state index is 12.7. The molecule has 5 amide bonds. The number of rotatable bonds is 5. The molecular weight excluding hydrogens is 374 g/mol. The van der Waals surface area contributed by atoms with Gasteiger partial charge in [0.1, 0.15) is 6.54 Å². The highest BCUT2D eigenvalue weighted by atomic mass is 32.2. The minimum absolute atomic E-state index is 0.0248. The van der Waals surface area contributed by atoms with Gasteiger partial charge in [-0.3, -0.25) is 19.3 Å². The van der Waals surface area contributed by atoms with Crippen molar-refractivity contribution in [2.75, 3.05) is 24.6 Å². The molecule has 3 fully saturated rings. The molecule has 1 unspecified atom stereocenters. The fourth-order valence-electron chi connectivity index (χ4n) is 4.21. The Balaban J connectivity index is 1.70. The van der Waals surface area contributed by atoms with Crippen LogP contribution >= 0.6 is 0 Å². The Bertz CT molecular complexity index is 759. The van der Waals surface area contributed by atoms with E-state index in [1.165, 1.54) is 4.90 Å². The summed E-state index contributed by atoms with van der Waals surface area (Å²) in [4.78, 5) is 53.0. The molecule has 2 heterocycles. The predicted octanol–water partition coefficient (Wildman–Crippen LogP) is 0.146. The van der Waals surface area contributed by atoms with Crippen molar-refractivity contribution < 1.29 is 27.6 Å². The van der Waals surface area contributed by atoms with Crippen molar-refractivity contribution in [1.29, 1.82) is 0 Å². The summed E-state index contributed by atoms with van der Waals surface area (Å²) in [6, 6.07) is -1.48. The van der Waals surface area contributed by atoms with Crippen molar-refractivity contribution in [3.63, 3.8) is 0 Å². The highest BCUT2D eigenvalue weighted by Gasteiger charge is 2.49. The van der Waals surface area contributed by atoms with E-state index in [-0.39, 0.29) is 24.1 Å². The molecule has 0 aromatic heterocycles. The summed E-state index contributed by atoms with van der Waals surface area (Å²) in [5.41, 5.74) is 0. The van der Waals surface area contributed by atoms with Crippen LogP contribution < -0.4 is 0 Å². The number of nitrogens with zero attached hydrogens (tertiary/aromatic N) is 3. The number of hydrogen-bond donors (Lipinski definition) is 0. The molecule has 1 aliphatic carbocycles. The molecule has 0 N–H and O–H groups in total. The number of imide groups is 2. The van der Waals surface area contributed by atoms with Crippen LogP contribution in [0.2, 0.25) is 0 Å². The summed E-state index contributed by atoms with van der Waals surface area (Å²) in [5.74, 6) is -2.45. The average molecular weight is 399 g/mol. The Labute approximate surface area is 158 Å². The van der Waals surface area contributed by atoms with Gasteiger partial charge in [-0.1, -0.05) is 19.3 Å². The Morgan fingerprint density at radius 1 is 1.07 bits per heavy atom. The third kappa shape index (κ3) is 3.85. The minimum Gasteiger partial charge on any atom is -0.337 e. The molecule has 0 aromatic carbocycles. The van der Waals surface area contributed by atoms with Crippen molar-refractivity contribution in [3.8, 4) is 0 Å². The van der Waals surface area contributed by atoms with E-state index < -0.39 is 46.2 Å². The number of likely N-dealkylation sites (N-methyl/N-ethyl adjacent to an activating group) is 1. The van der Waals surface area contributed by atoms with E-state index in [0.29, 0.717) is 24.2 Å². The lowest BCUT2D eigenvalue weighted by Crippen LogP contribution is -2.48. The van der Waals surface area contributed by atoms with Gasteiger partial charge >= 0.3 is 17.8 Å². The summed E-state index contributed by atoms with van der Waals surface area (Å²) in [6.45, 7) is 1.46. The maximum Gasteiger partial charge on any atom is 0.334 e. The van der Waals surface area contributed by atoms with Crippen LogP contribution in [0.3, 0.4) is 0 Å². The number of hydrogen-bond acceptors (Lipinski definition) is 6. The molecule has 0 radical (unpaired) electrons. The van der Waals surface area contributed by atoms with E-state index in [2.05, 4.69) is 0 Å². The molecule has 10 heteroatoms. The quantitative estimate of drug-likeness (QED) is 0.480. The van der Waals surface area contributed by atoms with Crippen LogP contribution in [0, 0.1) is 0 Å². The van der Waals surface area contributed by atoms with Crippen molar-refractivity contribution >= 4 is 33.6 Å². The van der Waals surface area contributed by atoms with Gasteiger partial charge in [0, 0.05) is 18.6 Å². The second kappa shape index (κ2) is 7.57. The zero-order valence-corrected chi connectivity index (χ0v) is 16.2. The second-order valence-electron chi connectivity index (χ2n) is 7.38. The fraction of sp³-hybridized carbons (Fsp3) is 0.765. The van der Waals surface area contributed by atoms with E-state index >= 15 is 0 Å². The monoisotopic (exact) mass is 399 g/mol. The van der Waals surface area contributed by atoms with E-state index in [1.807, 2.05) is 0 Å². The molecule has 0 bridgehead atoms. The average Bonchev–Trinajstić information content (AvgIpc) is 3.08. The smallest absolute Gasteiger partial charge is 0.334 e. The van der Waals surface area contributed by atoms with Crippen LogP contribution in [0.25, 0.3) is 0 Å². The highest BCUT2D eigenvalue weighted by Crippen LogP contribution is 2.27. The lowest BCUT2D eigenvalue weighted by Gasteiger charge is -2.30. The van der Waals surface area contributed by atoms with Crippen molar-refractivity contribution in [2.45, 2.75) is 57.5 Å².